The number of rotatable bonds is 6. The summed E-state index contributed by atoms with van der Waals surface area (Å²) in [4.78, 5) is 14.9. The number of nitrogens with one attached hydrogen (secondary N) is 1. The van der Waals surface area contributed by atoms with Crippen LogP contribution in [0, 0.1) is 6.92 Å². The summed E-state index contributed by atoms with van der Waals surface area (Å²) in [6.45, 7) is 6.11. The van der Waals surface area contributed by atoms with Crippen molar-refractivity contribution in [2.75, 3.05) is 25.0 Å². The first-order chi connectivity index (χ1) is 12.4. The molecular formula is C20H22Cl2N2O2. The zero-order valence-electron chi connectivity index (χ0n) is 14.9. The van der Waals surface area contributed by atoms with Gasteiger partial charge in [-0.25, -0.2) is 0 Å². The molecule has 138 valence electrons. The van der Waals surface area contributed by atoms with E-state index in [9.17, 15) is 4.79 Å². The van der Waals surface area contributed by atoms with Crippen LogP contribution in [-0.2, 0) is 4.79 Å². The third kappa shape index (κ3) is 4.14. The van der Waals surface area contributed by atoms with Crippen LogP contribution in [0.3, 0.4) is 0 Å². The number of hydrogen-bond acceptors (Lipinski definition) is 3. The van der Waals surface area contributed by atoms with E-state index in [1.165, 1.54) is 5.56 Å². The van der Waals surface area contributed by atoms with E-state index in [1.807, 2.05) is 38.1 Å². The number of carbonyl (C=O) groups excluding carboxylic acids is 1. The minimum absolute atomic E-state index is 0.0440. The number of nitrogens with zero attached hydrogens (tertiary/aromatic N) is 1. The van der Waals surface area contributed by atoms with Gasteiger partial charge in [-0.1, -0.05) is 40.9 Å². The fourth-order valence-corrected chi connectivity index (χ4v) is 3.27. The SMILES string of the molecule is Cc1ccc(OCCN2CCC2(C)C(=O)Nc2ccc(Cl)c(Cl)c2)cc1. The van der Waals surface area contributed by atoms with E-state index in [1.54, 1.807) is 18.2 Å². The van der Waals surface area contributed by atoms with Crippen molar-refractivity contribution in [2.24, 2.45) is 0 Å². The Morgan fingerprint density at radius 2 is 1.92 bits per heavy atom. The highest BCUT2D eigenvalue weighted by atomic mass is 35.5. The Balaban J connectivity index is 1.54. The number of anilines is 1. The molecule has 0 spiro atoms. The van der Waals surface area contributed by atoms with Crippen molar-refractivity contribution in [1.29, 1.82) is 0 Å². The van der Waals surface area contributed by atoms with E-state index >= 15 is 0 Å². The number of aryl methyl sites for hydroxylation is 1. The van der Waals surface area contributed by atoms with Crippen molar-refractivity contribution in [2.45, 2.75) is 25.8 Å². The van der Waals surface area contributed by atoms with Gasteiger partial charge in [0.25, 0.3) is 0 Å². The normalized spacial score (nSPS) is 19.7. The number of hydrogen-bond donors (Lipinski definition) is 1. The van der Waals surface area contributed by atoms with E-state index in [4.69, 9.17) is 27.9 Å². The maximum absolute atomic E-state index is 12.7. The van der Waals surface area contributed by atoms with Gasteiger partial charge < -0.3 is 10.1 Å². The minimum Gasteiger partial charge on any atom is -0.492 e. The van der Waals surface area contributed by atoms with Gasteiger partial charge in [0.2, 0.25) is 5.91 Å². The first-order valence-electron chi connectivity index (χ1n) is 8.59. The predicted molar refractivity (Wildman–Crippen MR) is 106 cm³/mol. The third-order valence-electron chi connectivity index (χ3n) is 4.88. The van der Waals surface area contributed by atoms with Crippen LogP contribution in [-0.4, -0.2) is 36.0 Å². The Labute approximate surface area is 164 Å². The lowest BCUT2D eigenvalue weighted by Gasteiger charge is -2.49. The van der Waals surface area contributed by atoms with E-state index < -0.39 is 5.54 Å². The van der Waals surface area contributed by atoms with Crippen molar-refractivity contribution >= 4 is 34.8 Å². The molecule has 0 radical (unpaired) electrons. The van der Waals surface area contributed by atoms with Crippen LogP contribution in [0.1, 0.15) is 18.9 Å². The Kier molecular flexibility index (Phi) is 5.76. The highest BCUT2D eigenvalue weighted by Gasteiger charge is 2.46. The molecular weight excluding hydrogens is 371 g/mol. The summed E-state index contributed by atoms with van der Waals surface area (Å²) >= 11 is 11.9. The molecule has 1 saturated heterocycles. The monoisotopic (exact) mass is 392 g/mol. The number of likely N-dealkylation sites (tertiary alicyclic amines) is 1. The molecule has 1 fully saturated rings. The standard InChI is InChI=1S/C20H22Cl2N2O2/c1-14-3-6-16(7-4-14)26-12-11-24-10-9-20(24,2)19(25)23-15-5-8-17(21)18(22)13-15/h3-8,13H,9-12H2,1-2H3,(H,23,25). The number of halogens is 2. The maximum Gasteiger partial charge on any atom is 0.244 e. The van der Waals surface area contributed by atoms with Crippen molar-refractivity contribution in [3.05, 3.63) is 58.1 Å². The molecule has 3 rings (SSSR count). The van der Waals surface area contributed by atoms with Crippen molar-refractivity contribution < 1.29 is 9.53 Å². The van der Waals surface area contributed by atoms with Gasteiger partial charge in [-0.15, -0.1) is 0 Å². The van der Waals surface area contributed by atoms with Crippen molar-refractivity contribution in [3.63, 3.8) is 0 Å². The maximum atomic E-state index is 12.7. The fraction of sp³-hybridized carbons (Fsp3) is 0.350. The van der Waals surface area contributed by atoms with Gasteiger partial charge in [0.1, 0.15) is 12.4 Å². The van der Waals surface area contributed by atoms with Crippen LogP contribution in [0.2, 0.25) is 10.0 Å². The van der Waals surface area contributed by atoms with Gasteiger partial charge in [-0.3, -0.25) is 9.69 Å². The van der Waals surface area contributed by atoms with Crippen LogP contribution in [0.5, 0.6) is 5.75 Å². The largest absolute Gasteiger partial charge is 0.492 e. The smallest absolute Gasteiger partial charge is 0.244 e. The average molecular weight is 393 g/mol. The second-order valence-electron chi connectivity index (χ2n) is 6.76. The van der Waals surface area contributed by atoms with Gasteiger partial charge in [-0.2, -0.15) is 0 Å². The highest BCUT2D eigenvalue weighted by molar-refractivity contribution is 6.42. The quantitative estimate of drug-likeness (QED) is 0.768. The van der Waals surface area contributed by atoms with Crippen molar-refractivity contribution in [1.82, 2.24) is 4.90 Å². The van der Waals surface area contributed by atoms with Gasteiger partial charge in [0.15, 0.2) is 0 Å². The lowest BCUT2D eigenvalue weighted by molar-refractivity contribution is -0.135. The molecule has 0 aliphatic carbocycles. The zero-order valence-corrected chi connectivity index (χ0v) is 16.4. The zero-order chi connectivity index (χ0) is 18.7. The lowest BCUT2D eigenvalue weighted by Crippen LogP contribution is -2.65. The highest BCUT2D eigenvalue weighted by Crippen LogP contribution is 2.32. The molecule has 0 bridgehead atoms. The van der Waals surface area contributed by atoms with Crippen LogP contribution in [0.4, 0.5) is 5.69 Å². The number of benzene rings is 2. The second kappa shape index (κ2) is 7.87. The van der Waals surface area contributed by atoms with Gasteiger partial charge in [0.05, 0.1) is 15.6 Å². The molecule has 1 atom stereocenters. The Hall–Kier alpha value is -1.75. The molecule has 1 amide bonds. The molecule has 1 N–H and O–H groups in total. The van der Waals surface area contributed by atoms with Gasteiger partial charge >= 0.3 is 0 Å². The molecule has 6 heteroatoms. The van der Waals surface area contributed by atoms with E-state index in [2.05, 4.69) is 10.2 Å². The summed E-state index contributed by atoms with van der Waals surface area (Å²) in [5, 5.41) is 3.82. The Bertz CT molecular complexity index is 795. The van der Waals surface area contributed by atoms with Gasteiger partial charge in [0, 0.05) is 18.8 Å². The topological polar surface area (TPSA) is 41.6 Å². The average Bonchev–Trinajstić information content (AvgIpc) is 2.61. The Morgan fingerprint density at radius 3 is 2.54 bits per heavy atom. The van der Waals surface area contributed by atoms with E-state index in [0.29, 0.717) is 28.9 Å². The van der Waals surface area contributed by atoms with E-state index in [0.717, 1.165) is 18.7 Å². The summed E-state index contributed by atoms with van der Waals surface area (Å²) in [6, 6.07) is 13.0. The summed E-state index contributed by atoms with van der Waals surface area (Å²) in [7, 11) is 0. The number of amides is 1. The second-order valence-corrected chi connectivity index (χ2v) is 7.57. The Morgan fingerprint density at radius 1 is 1.19 bits per heavy atom. The first kappa shape index (κ1) is 19.0. The lowest BCUT2D eigenvalue weighted by atomic mass is 9.85. The molecule has 1 aliphatic heterocycles. The molecule has 1 unspecified atom stereocenters. The minimum atomic E-state index is -0.539. The summed E-state index contributed by atoms with van der Waals surface area (Å²) in [5.74, 6) is 0.801. The molecule has 1 aliphatic rings. The van der Waals surface area contributed by atoms with E-state index in [-0.39, 0.29) is 5.91 Å². The van der Waals surface area contributed by atoms with Crippen molar-refractivity contribution in [3.8, 4) is 5.75 Å². The van der Waals surface area contributed by atoms with Crippen LogP contribution in [0.15, 0.2) is 42.5 Å². The molecule has 1 heterocycles. The number of ether oxygens (including phenoxy) is 1. The summed E-state index contributed by atoms with van der Waals surface area (Å²) in [5.41, 5.74) is 1.31. The molecule has 2 aromatic carbocycles. The van der Waals surface area contributed by atoms with Crippen LogP contribution >= 0.6 is 23.2 Å². The number of carbonyl (C=O) groups is 1. The molecule has 4 nitrogen and oxygen atoms in total. The van der Waals surface area contributed by atoms with Gasteiger partial charge in [-0.05, 0) is 50.6 Å². The first-order valence-corrected chi connectivity index (χ1v) is 9.35. The molecule has 26 heavy (non-hydrogen) atoms. The predicted octanol–water partition coefficient (Wildman–Crippen LogP) is 4.78. The molecule has 0 saturated carbocycles. The third-order valence-corrected chi connectivity index (χ3v) is 5.62. The van der Waals surface area contributed by atoms with Crippen LogP contribution in [0.25, 0.3) is 0 Å². The summed E-state index contributed by atoms with van der Waals surface area (Å²) < 4.78 is 5.78. The fourth-order valence-electron chi connectivity index (χ4n) is 2.97. The van der Waals surface area contributed by atoms with Crippen LogP contribution < -0.4 is 10.1 Å². The summed E-state index contributed by atoms with van der Waals surface area (Å²) in [6.07, 6.45) is 0.810. The molecule has 2 aromatic rings. The molecule has 0 aromatic heterocycles.